The van der Waals surface area contributed by atoms with Crippen molar-refractivity contribution in [3.8, 4) is 0 Å². The fourth-order valence-electron chi connectivity index (χ4n) is 3.16. The summed E-state index contributed by atoms with van der Waals surface area (Å²) in [5.74, 6) is 0.566. The van der Waals surface area contributed by atoms with Gasteiger partial charge in [-0.2, -0.15) is 4.31 Å². The number of sulfonamides is 1. The summed E-state index contributed by atoms with van der Waals surface area (Å²) in [6, 6.07) is 0.525. The van der Waals surface area contributed by atoms with Crippen molar-refractivity contribution < 1.29 is 8.42 Å². The van der Waals surface area contributed by atoms with Gasteiger partial charge in [-0.25, -0.2) is 8.42 Å². The van der Waals surface area contributed by atoms with Gasteiger partial charge >= 0.3 is 0 Å². The highest BCUT2D eigenvalue weighted by atomic mass is 32.2. The highest BCUT2D eigenvalue weighted by Crippen LogP contribution is 2.48. The molecule has 4 unspecified atom stereocenters. The molecule has 0 aromatic heterocycles. The van der Waals surface area contributed by atoms with Gasteiger partial charge in [0.25, 0.3) is 0 Å². The fraction of sp³-hybridized carbons (Fsp3) is 0.778. The minimum absolute atomic E-state index is 0.240. The van der Waals surface area contributed by atoms with Crippen LogP contribution in [0.1, 0.15) is 19.3 Å². The molecule has 0 radical (unpaired) electrons. The van der Waals surface area contributed by atoms with Crippen LogP contribution in [0, 0.1) is 5.92 Å². The molecular weight excluding hydrogens is 186 g/mol. The molecule has 0 spiro atoms. The van der Waals surface area contributed by atoms with Crippen LogP contribution in [-0.2, 0) is 10.0 Å². The predicted octanol–water partition coefficient (Wildman–Crippen LogP) is 0.739. The van der Waals surface area contributed by atoms with E-state index in [1.54, 1.807) is 4.31 Å². The molecule has 0 N–H and O–H groups in total. The third-order valence-electron chi connectivity index (χ3n) is 3.68. The van der Waals surface area contributed by atoms with Crippen LogP contribution in [0.25, 0.3) is 0 Å². The zero-order chi connectivity index (χ0) is 9.22. The van der Waals surface area contributed by atoms with Gasteiger partial charge in [-0.15, -0.1) is 0 Å². The van der Waals surface area contributed by atoms with E-state index in [-0.39, 0.29) is 18.0 Å². The van der Waals surface area contributed by atoms with Gasteiger partial charge in [0.1, 0.15) is 0 Å². The molecule has 0 aliphatic carbocycles. The maximum atomic E-state index is 11.7. The second-order valence-corrected chi connectivity index (χ2v) is 6.29. The molecule has 3 aliphatic heterocycles. The lowest BCUT2D eigenvalue weighted by Crippen LogP contribution is -2.39. The number of piperidine rings is 1. The molecule has 3 aliphatic rings. The Morgan fingerprint density at radius 1 is 1.38 bits per heavy atom. The summed E-state index contributed by atoms with van der Waals surface area (Å²) in [6.07, 6.45) is 2.99. The molecule has 72 valence electrons. The van der Waals surface area contributed by atoms with Crippen molar-refractivity contribution in [3.63, 3.8) is 0 Å². The Hall–Kier alpha value is -0.350. The van der Waals surface area contributed by atoms with Crippen LogP contribution in [0.3, 0.4) is 0 Å². The van der Waals surface area contributed by atoms with Crippen LogP contribution in [-0.4, -0.2) is 30.6 Å². The lowest BCUT2D eigenvalue weighted by atomic mass is 9.90. The molecule has 0 saturated carbocycles. The van der Waals surface area contributed by atoms with Crippen LogP contribution >= 0.6 is 0 Å². The summed E-state index contributed by atoms with van der Waals surface area (Å²) in [7, 11) is -2.92. The summed E-state index contributed by atoms with van der Waals surface area (Å²) >= 11 is 0. The van der Waals surface area contributed by atoms with Crippen molar-refractivity contribution in [2.75, 3.05) is 5.75 Å². The number of hydrogen-bond acceptors (Lipinski definition) is 2. The van der Waals surface area contributed by atoms with Gasteiger partial charge < -0.3 is 0 Å². The highest BCUT2D eigenvalue weighted by molar-refractivity contribution is 7.89. The zero-order valence-electron chi connectivity index (χ0n) is 7.44. The van der Waals surface area contributed by atoms with Gasteiger partial charge in [0.05, 0.1) is 5.75 Å². The highest BCUT2D eigenvalue weighted by Gasteiger charge is 2.55. The molecule has 3 saturated heterocycles. The summed E-state index contributed by atoms with van der Waals surface area (Å²) in [6.45, 7) is 4.01. The van der Waals surface area contributed by atoms with Gasteiger partial charge in [0, 0.05) is 18.0 Å². The second-order valence-electron chi connectivity index (χ2n) is 4.38. The maximum Gasteiger partial charge on any atom is 0.215 e. The summed E-state index contributed by atoms with van der Waals surface area (Å²) < 4.78 is 25.2. The number of rotatable bonds is 0. The maximum absolute atomic E-state index is 11.7. The summed E-state index contributed by atoms with van der Waals surface area (Å²) in [5, 5.41) is 0. The average molecular weight is 199 g/mol. The Morgan fingerprint density at radius 2 is 2.15 bits per heavy atom. The lowest BCUT2D eigenvalue weighted by Gasteiger charge is -2.30. The van der Waals surface area contributed by atoms with Gasteiger partial charge in [-0.05, 0) is 19.3 Å². The van der Waals surface area contributed by atoms with Crippen molar-refractivity contribution in [1.29, 1.82) is 0 Å². The van der Waals surface area contributed by atoms with E-state index in [0.29, 0.717) is 5.75 Å². The molecule has 4 heteroatoms. The lowest BCUT2D eigenvalue weighted by molar-refractivity contribution is 0.274. The Labute approximate surface area is 78.5 Å². The molecule has 3 heterocycles. The summed E-state index contributed by atoms with van der Waals surface area (Å²) in [5.41, 5.74) is 1.17. The molecule has 3 rings (SSSR count). The molecule has 4 bridgehead atoms. The SMILES string of the molecule is C=C1CC2CCC3C1CS(=O)(=O)N23. The molecule has 3 nitrogen and oxygen atoms in total. The molecule has 0 amide bonds. The predicted molar refractivity (Wildman–Crippen MR) is 49.7 cm³/mol. The molecule has 3 fully saturated rings. The van der Waals surface area contributed by atoms with Gasteiger partial charge in [-0.3, -0.25) is 0 Å². The topological polar surface area (TPSA) is 37.4 Å². The van der Waals surface area contributed by atoms with Crippen LogP contribution in [0.15, 0.2) is 12.2 Å². The third kappa shape index (κ3) is 0.854. The van der Waals surface area contributed by atoms with Crippen LogP contribution in [0.2, 0.25) is 0 Å². The third-order valence-corrected chi connectivity index (χ3v) is 5.67. The van der Waals surface area contributed by atoms with Crippen LogP contribution in [0.5, 0.6) is 0 Å². The van der Waals surface area contributed by atoms with Crippen molar-refractivity contribution in [2.45, 2.75) is 31.3 Å². The standard InChI is InChI=1S/C9H13NO2S/c1-6-4-7-2-3-9-8(6)5-13(11,12)10(7)9/h7-9H,1-5H2. The smallest absolute Gasteiger partial charge is 0.212 e. The molecule has 4 atom stereocenters. The molecule has 0 aromatic carbocycles. The van der Waals surface area contributed by atoms with E-state index < -0.39 is 10.0 Å². The van der Waals surface area contributed by atoms with E-state index in [1.165, 1.54) is 5.57 Å². The summed E-state index contributed by atoms with van der Waals surface area (Å²) in [4.78, 5) is 0. The first kappa shape index (κ1) is 8.00. The zero-order valence-corrected chi connectivity index (χ0v) is 8.26. The van der Waals surface area contributed by atoms with Crippen molar-refractivity contribution >= 4 is 10.0 Å². The van der Waals surface area contributed by atoms with E-state index in [9.17, 15) is 8.42 Å². The van der Waals surface area contributed by atoms with Crippen molar-refractivity contribution in [1.82, 2.24) is 4.31 Å². The molecule has 0 aromatic rings. The van der Waals surface area contributed by atoms with Crippen molar-refractivity contribution in [3.05, 3.63) is 12.2 Å². The molecule has 13 heavy (non-hydrogen) atoms. The Kier molecular flexibility index (Phi) is 1.34. The van der Waals surface area contributed by atoms with Crippen LogP contribution < -0.4 is 0 Å². The second kappa shape index (κ2) is 2.17. The van der Waals surface area contributed by atoms with E-state index >= 15 is 0 Å². The van der Waals surface area contributed by atoms with E-state index in [2.05, 4.69) is 6.58 Å². The first-order valence-electron chi connectivity index (χ1n) is 4.78. The average Bonchev–Trinajstić information content (AvgIpc) is 2.47. The normalized spacial score (nSPS) is 51.2. The molecular formula is C9H13NO2S. The number of nitrogens with zero attached hydrogens (tertiary/aromatic N) is 1. The largest absolute Gasteiger partial charge is 0.215 e. The Morgan fingerprint density at radius 3 is 2.92 bits per heavy atom. The van der Waals surface area contributed by atoms with E-state index in [1.807, 2.05) is 0 Å². The van der Waals surface area contributed by atoms with Gasteiger partial charge in [-0.1, -0.05) is 12.2 Å². The Bertz CT molecular complexity index is 373. The van der Waals surface area contributed by atoms with E-state index in [0.717, 1.165) is 19.3 Å². The Balaban J connectivity index is 2.16. The minimum Gasteiger partial charge on any atom is -0.212 e. The minimum atomic E-state index is -2.92. The van der Waals surface area contributed by atoms with E-state index in [4.69, 9.17) is 0 Å². The first-order chi connectivity index (χ1) is 6.09. The first-order valence-corrected chi connectivity index (χ1v) is 6.39. The monoisotopic (exact) mass is 199 g/mol. The van der Waals surface area contributed by atoms with Gasteiger partial charge in [0.15, 0.2) is 0 Å². The van der Waals surface area contributed by atoms with Gasteiger partial charge in [0.2, 0.25) is 10.0 Å². The fourth-order valence-corrected chi connectivity index (χ4v) is 5.54. The number of hydrogen-bond donors (Lipinski definition) is 0. The van der Waals surface area contributed by atoms with Crippen molar-refractivity contribution in [2.24, 2.45) is 5.92 Å². The van der Waals surface area contributed by atoms with Crippen LogP contribution in [0.4, 0.5) is 0 Å². The quantitative estimate of drug-likeness (QED) is 0.540.